The van der Waals surface area contributed by atoms with Crippen molar-refractivity contribution in [1.29, 1.82) is 0 Å². The van der Waals surface area contributed by atoms with Gasteiger partial charge in [0.05, 0.1) is 0 Å². The van der Waals surface area contributed by atoms with Crippen molar-refractivity contribution in [3.05, 3.63) is 62.8 Å². The maximum Gasteiger partial charge on any atom is 0.0410 e. The van der Waals surface area contributed by atoms with Crippen LogP contribution in [0.15, 0.2) is 51.7 Å². The Kier molecular flexibility index (Phi) is 5.22. The molecular formula is C14H12Br2ClN. The number of pyridine rings is 1. The Bertz CT molecular complexity index is 513. The monoisotopic (exact) mass is 387 g/mol. The number of nitrogens with zero attached hydrogens (tertiary/aromatic N) is 1. The number of hydrogen-bond donors (Lipinski definition) is 0. The normalized spacial score (nSPS) is 12.4. The molecule has 1 heterocycles. The van der Waals surface area contributed by atoms with Crippen molar-refractivity contribution < 1.29 is 0 Å². The van der Waals surface area contributed by atoms with E-state index in [-0.39, 0.29) is 0 Å². The van der Waals surface area contributed by atoms with Crippen LogP contribution in [0.3, 0.4) is 0 Å². The Balaban J connectivity index is 2.17. The Morgan fingerprint density at radius 3 is 2.39 bits per heavy atom. The van der Waals surface area contributed by atoms with Crippen molar-refractivity contribution in [3.63, 3.8) is 0 Å². The minimum absolute atomic E-state index is 0.316. The first-order chi connectivity index (χ1) is 8.69. The molecule has 0 saturated heterocycles. The largest absolute Gasteiger partial charge is 0.263 e. The van der Waals surface area contributed by atoms with Crippen LogP contribution < -0.4 is 0 Å². The van der Waals surface area contributed by atoms with Crippen LogP contribution in [0.5, 0.6) is 0 Å². The lowest BCUT2D eigenvalue weighted by Gasteiger charge is -2.14. The molecular weight excluding hydrogens is 377 g/mol. The van der Waals surface area contributed by atoms with Gasteiger partial charge < -0.3 is 0 Å². The zero-order valence-electron chi connectivity index (χ0n) is 9.61. The van der Waals surface area contributed by atoms with Crippen LogP contribution in [0.2, 0.25) is 0 Å². The third kappa shape index (κ3) is 3.81. The summed E-state index contributed by atoms with van der Waals surface area (Å²) in [5.41, 5.74) is 2.45. The van der Waals surface area contributed by atoms with Crippen molar-refractivity contribution in [2.24, 2.45) is 0 Å². The molecule has 0 saturated carbocycles. The summed E-state index contributed by atoms with van der Waals surface area (Å²) in [6, 6.07) is 10.4. The number of rotatable bonds is 4. The molecule has 0 bridgehead atoms. The van der Waals surface area contributed by atoms with Gasteiger partial charge in [0.25, 0.3) is 0 Å². The maximum absolute atomic E-state index is 6.09. The van der Waals surface area contributed by atoms with Crippen LogP contribution in [-0.2, 0) is 6.42 Å². The molecule has 0 aliphatic heterocycles. The Morgan fingerprint density at radius 2 is 1.78 bits per heavy atom. The highest BCUT2D eigenvalue weighted by Crippen LogP contribution is 2.24. The lowest BCUT2D eigenvalue weighted by Crippen LogP contribution is -2.05. The van der Waals surface area contributed by atoms with Gasteiger partial charge in [0, 0.05) is 33.1 Å². The molecule has 1 unspecified atom stereocenters. The molecule has 0 amide bonds. The topological polar surface area (TPSA) is 12.9 Å². The molecule has 0 fully saturated rings. The average molecular weight is 390 g/mol. The van der Waals surface area contributed by atoms with Gasteiger partial charge in [-0.05, 0) is 51.7 Å². The fourth-order valence-corrected chi connectivity index (χ4v) is 2.81. The van der Waals surface area contributed by atoms with E-state index >= 15 is 0 Å². The second-order valence-corrected chi connectivity index (χ2v) is 6.26. The summed E-state index contributed by atoms with van der Waals surface area (Å²) in [6.07, 6.45) is 4.58. The van der Waals surface area contributed by atoms with E-state index < -0.39 is 0 Å². The van der Waals surface area contributed by atoms with E-state index in [1.165, 1.54) is 11.1 Å². The molecule has 2 rings (SSSR count). The van der Waals surface area contributed by atoms with E-state index in [1.54, 1.807) is 6.20 Å². The van der Waals surface area contributed by atoms with E-state index in [1.807, 2.05) is 18.3 Å². The summed E-state index contributed by atoms with van der Waals surface area (Å²) in [6.45, 7) is 0. The van der Waals surface area contributed by atoms with Crippen LogP contribution in [0, 0.1) is 0 Å². The minimum Gasteiger partial charge on any atom is -0.263 e. The van der Waals surface area contributed by atoms with E-state index in [9.17, 15) is 0 Å². The highest BCUT2D eigenvalue weighted by Gasteiger charge is 2.11. The highest BCUT2D eigenvalue weighted by atomic mass is 79.9. The average Bonchev–Trinajstić information content (AvgIpc) is 2.37. The number of alkyl halides is 1. The number of benzene rings is 1. The lowest BCUT2D eigenvalue weighted by molar-refractivity contribution is 0.762. The molecule has 4 heteroatoms. The lowest BCUT2D eigenvalue weighted by atomic mass is 9.94. The quantitative estimate of drug-likeness (QED) is 0.657. The smallest absolute Gasteiger partial charge is 0.0410 e. The Hall–Kier alpha value is -0.380. The third-order valence-corrected chi connectivity index (χ3v) is 4.11. The van der Waals surface area contributed by atoms with Gasteiger partial charge in [-0.2, -0.15) is 0 Å². The molecule has 18 heavy (non-hydrogen) atoms. The molecule has 1 atom stereocenters. The van der Waals surface area contributed by atoms with Crippen LogP contribution in [0.25, 0.3) is 0 Å². The van der Waals surface area contributed by atoms with Gasteiger partial charge in [0.15, 0.2) is 0 Å². The standard InChI is InChI=1S/C14H12Br2ClN/c15-13-3-1-11(2-4-13)12(7-17)5-10-6-14(16)9-18-8-10/h1-4,6,8-9,12H,5,7H2. The fraction of sp³-hybridized carbons (Fsp3) is 0.214. The van der Waals surface area contributed by atoms with Gasteiger partial charge >= 0.3 is 0 Å². The second kappa shape index (κ2) is 6.69. The molecule has 0 radical (unpaired) electrons. The summed E-state index contributed by atoms with van der Waals surface area (Å²) in [5.74, 6) is 0.921. The SMILES string of the molecule is ClCC(Cc1cncc(Br)c1)c1ccc(Br)cc1. The third-order valence-electron chi connectivity index (χ3n) is 2.77. The zero-order valence-corrected chi connectivity index (χ0v) is 13.5. The zero-order chi connectivity index (χ0) is 13.0. The van der Waals surface area contributed by atoms with E-state index in [0.29, 0.717) is 11.8 Å². The van der Waals surface area contributed by atoms with Gasteiger partial charge in [-0.3, -0.25) is 4.98 Å². The first-order valence-electron chi connectivity index (χ1n) is 5.60. The van der Waals surface area contributed by atoms with Crippen LogP contribution in [0.1, 0.15) is 17.0 Å². The van der Waals surface area contributed by atoms with E-state index in [2.05, 4.69) is 55.0 Å². The summed E-state index contributed by atoms with van der Waals surface area (Å²) < 4.78 is 2.09. The summed E-state index contributed by atoms with van der Waals surface area (Å²) in [7, 11) is 0. The number of halogens is 3. The Labute approximate surface area is 129 Å². The number of aromatic nitrogens is 1. The van der Waals surface area contributed by atoms with Crippen molar-refractivity contribution in [2.45, 2.75) is 12.3 Å². The van der Waals surface area contributed by atoms with Crippen molar-refractivity contribution in [2.75, 3.05) is 5.88 Å². The molecule has 2 aromatic rings. The van der Waals surface area contributed by atoms with Gasteiger partial charge in [-0.25, -0.2) is 0 Å². The molecule has 0 spiro atoms. The minimum atomic E-state index is 0.316. The highest BCUT2D eigenvalue weighted by molar-refractivity contribution is 9.10. The van der Waals surface area contributed by atoms with E-state index in [0.717, 1.165) is 15.4 Å². The summed E-state index contributed by atoms with van der Waals surface area (Å²) >= 11 is 13.0. The van der Waals surface area contributed by atoms with Gasteiger partial charge in [-0.1, -0.05) is 28.1 Å². The molecule has 1 aromatic carbocycles. The maximum atomic E-state index is 6.09. The van der Waals surface area contributed by atoms with Crippen molar-refractivity contribution in [3.8, 4) is 0 Å². The Morgan fingerprint density at radius 1 is 1.06 bits per heavy atom. The van der Waals surface area contributed by atoms with Crippen LogP contribution in [-0.4, -0.2) is 10.9 Å². The predicted molar refractivity (Wildman–Crippen MR) is 83.2 cm³/mol. The molecule has 1 nitrogen and oxygen atoms in total. The van der Waals surface area contributed by atoms with Crippen LogP contribution in [0.4, 0.5) is 0 Å². The predicted octanol–water partition coefficient (Wildman–Crippen LogP) is 5.17. The van der Waals surface area contributed by atoms with Crippen molar-refractivity contribution >= 4 is 43.5 Å². The first-order valence-corrected chi connectivity index (χ1v) is 7.72. The summed E-state index contributed by atoms with van der Waals surface area (Å²) in [5, 5.41) is 0. The fourth-order valence-electron chi connectivity index (χ4n) is 1.85. The van der Waals surface area contributed by atoms with Gasteiger partial charge in [0.2, 0.25) is 0 Å². The molecule has 94 valence electrons. The van der Waals surface area contributed by atoms with Gasteiger partial charge in [0.1, 0.15) is 0 Å². The van der Waals surface area contributed by atoms with Crippen LogP contribution >= 0.6 is 43.5 Å². The van der Waals surface area contributed by atoms with Crippen molar-refractivity contribution in [1.82, 2.24) is 4.98 Å². The molecule has 0 aliphatic carbocycles. The first kappa shape index (κ1) is 14.0. The molecule has 0 aliphatic rings. The van der Waals surface area contributed by atoms with Gasteiger partial charge in [-0.15, -0.1) is 11.6 Å². The molecule has 1 aromatic heterocycles. The van der Waals surface area contributed by atoms with E-state index in [4.69, 9.17) is 11.6 Å². The second-order valence-electron chi connectivity index (χ2n) is 4.12. The number of hydrogen-bond acceptors (Lipinski definition) is 1. The summed E-state index contributed by atoms with van der Waals surface area (Å²) in [4.78, 5) is 4.18. The molecule has 0 N–H and O–H groups in total.